The van der Waals surface area contributed by atoms with Crippen molar-refractivity contribution >= 4 is 29.6 Å². The first-order valence-corrected chi connectivity index (χ1v) is 12.9. The van der Waals surface area contributed by atoms with E-state index in [2.05, 4.69) is 84.9 Å². The zero-order valence-electron chi connectivity index (χ0n) is 22.7. The van der Waals surface area contributed by atoms with Crippen molar-refractivity contribution in [2.75, 3.05) is 25.5 Å². The van der Waals surface area contributed by atoms with Crippen LogP contribution in [-0.4, -0.2) is 37.4 Å². The topological polar surface area (TPSA) is 41.8 Å². The molecule has 0 fully saturated rings. The Hall–Kier alpha value is -3.86. The summed E-state index contributed by atoms with van der Waals surface area (Å²) in [6.07, 6.45) is 12.7. The van der Waals surface area contributed by atoms with Crippen LogP contribution in [0.25, 0.3) is 6.08 Å². The number of rotatable bonds is 9. The highest BCUT2D eigenvalue weighted by Crippen LogP contribution is 2.42. The van der Waals surface area contributed by atoms with Crippen LogP contribution in [-0.2, 0) is 14.9 Å². The standard InChI is InChI=1S/C32H37N2O3/c1-7-8-17-34-30-16-15-27(36-22-35)21-29(30)32(3,4)31(34)20-25-18-23(2)37-28(19-25)14-11-24-9-12-26(13-10-24)33(5)6/h9-16,18-22H,7-8,17H2,1-6H3/q+1. The SMILES string of the molecule is CCCC[N+]1=C(/C=C2\C=C(C)OC(/C=C/c3ccc(N(C)C)cc3)=C2)C(C)(C)c2cc(OC=O)ccc21. The Bertz CT molecular complexity index is 1320. The molecule has 4 rings (SSSR count). The number of unbranched alkanes of at least 4 members (excludes halogenated alkanes) is 1. The van der Waals surface area contributed by atoms with Crippen molar-refractivity contribution in [1.82, 2.24) is 0 Å². The van der Waals surface area contributed by atoms with Gasteiger partial charge in [0.25, 0.3) is 6.47 Å². The molecular formula is C32H37N2O3+. The molecule has 2 heterocycles. The third kappa shape index (κ3) is 5.77. The summed E-state index contributed by atoms with van der Waals surface area (Å²) < 4.78 is 13.6. The van der Waals surface area contributed by atoms with Crippen molar-refractivity contribution in [3.8, 4) is 5.75 Å². The number of carbonyl (C=O) groups is 1. The summed E-state index contributed by atoms with van der Waals surface area (Å²) in [4.78, 5) is 13.0. The molecule has 2 aromatic carbocycles. The molecule has 0 saturated carbocycles. The second kappa shape index (κ2) is 11.0. The van der Waals surface area contributed by atoms with Gasteiger partial charge in [-0.05, 0) is 74.4 Å². The number of benzene rings is 2. The number of hydrogen-bond acceptors (Lipinski definition) is 4. The van der Waals surface area contributed by atoms with Crippen LogP contribution in [0.5, 0.6) is 5.75 Å². The van der Waals surface area contributed by atoms with Gasteiger partial charge < -0.3 is 14.4 Å². The maximum atomic E-state index is 10.9. The van der Waals surface area contributed by atoms with Gasteiger partial charge in [-0.25, -0.2) is 0 Å². The molecule has 0 bridgehead atoms. The normalized spacial score (nSPS) is 17.4. The van der Waals surface area contributed by atoms with E-state index in [0.29, 0.717) is 12.2 Å². The van der Waals surface area contributed by atoms with Crippen LogP contribution in [0.4, 0.5) is 11.4 Å². The number of hydrogen-bond donors (Lipinski definition) is 0. The highest BCUT2D eigenvalue weighted by Gasteiger charge is 2.44. The Morgan fingerprint density at radius 1 is 1.05 bits per heavy atom. The first-order chi connectivity index (χ1) is 17.7. The van der Waals surface area contributed by atoms with Crippen LogP contribution in [0.15, 0.2) is 83.9 Å². The van der Waals surface area contributed by atoms with E-state index in [1.807, 2.05) is 39.2 Å². The maximum absolute atomic E-state index is 10.9. The summed E-state index contributed by atoms with van der Waals surface area (Å²) in [5.74, 6) is 2.23. The molecule has 0 saturated heterocycles. The van der Waals surface area contributed by atoms with E-state index in [4.69, 9.17) is 9.47 Å². The number of anilines is 1. The molecule has 0 spiro atoms. The van der Waals surface area contributed by atoms with Crippen LogP contribution in [0.3, 0.4) is 0 Å². The Morgan fingerprint density at radius 3 is 2.49 bits per heavy atom. The highest BCUT2D eigenvalue weighted by atomic mass is 16.5. The summed E-state index contributed by atoms with van der Waals surface area (Å²) in [5.41, 5.74) is 6.68. The van der Waals surface area contributed by atoms with Crippen LogP contribution < -0.4 is 9.64 Å². The average Bonchev–Trinajstić information content (AvgIpc) is 3.07. The molecule has 2 aromatic rings. The van der Waals surface area contributed by atoms with Crippen LogP contribution in [0, 0.1) is 0 Å². The number of fused-ring (bicyclic) bond motifs is 1. The van der Waals surface area contributed by atoms with E-state index in [1.165, 1.54) is 17.1 Å². The summed E-state index contributed by atoms with van der Waals surface area (Å²) in [6.45, 7) is 10.1. The first kappa shape index (κ1) is 26.2. The molecule has 0 atom stereocenters. The third-order valence-electron chi connectivity index (χ3n) is 6.89. The molecule has 0 amide bonds. The average molecular weight is 498 g/mol. The number of nitrogens with zero attached hydrogens (tertiary/aromatic N) is 2. The lowest BCUT2D eigenvalue weighted by Gasteiger charge is -2.18. The van der Waals surface area contributed by atoms with E-state index in [0.717, 1.165) is 47.6 Å². The Balaban J connectivity index is 1.69. The molecular weight excluding hydrogens is 460 g/mol. The van der Waals surface area contributed by atoms with Crippen molar-refractivity contribution in [2.45, 2.75) is 46.0 Å². The van der Waals surface area contributed by atoms with Crippen molar-refractivity contribution in [3.05, 3.63) is 95.0 Å². The molecule has 5 nitrogen and oxygen atoms in total. The summed E-state index contributed by atoms with van der Waals surface area (Å²) in [5, 5.41) is 0. The molecule has 0 radical (unpaired) electrons. The number of carbonyl (C=O) groups excluding carboxylic acids is 1. The Labute approximate surface area is 220 Å². The first-order valence-electron chi connectivity index (χ1n) is 12.9. The molecule has 0 aromatic heterocycles. The van der Waals surface area contributed by atoms with Gasteiger partial charge in [-0.15, -0.1) is 0 Å². The Morgan fingerprint density at radius 2 is 1.81 bits per heavy atom. The van der Waals surface area contributed by atoms with Gasteiger partial charge in [0.2, 0.25) is 5.69 Å². The fourth-order valence-corrected chi connectivity index (χ4v) is 4.87. The van der Waals surface area contributed by atoms with Crippen LogP contribution in [0.2, 0.25) is 0 Å². The maximum Gasteiger partial charge on any atom is 0.298 e. The zero-order valence-corrected chi connectivity index (χ0v) is 22.7. The fraction of sp³-hybridized carbons (Fsp3) is 0.312. The summed E-state index contributed by atoms with van der Waals surface area (Å²) in [7, 11) is 4.08. The van der Waals surface area contributed by atoms with E-state index in [1.54, 1.807) is 0 Å². The van der Waals surface area contributed by atoms with Crippen molar-refractivity contribution < 1.29 is 18.8 Å². The second-order valence-electron chi connectivity index (χ2n) is 10.3. The monoisotopic (exact) mass is 497 g/mol. The minimum absolute atomic E-state index is 0.254. The van der Waals surface area contributed by atoms with Crippen LogP contribution in [0.1, 0.15) is 51.7 Å². The molecule has 5 heteroatoms. The van der Waals surface area contributed by atoms with Gasteiger partial charge in [-0.2, -0.15) is 4.58 Å². The quantitative estimate of drug-likeness (QED) is 0.278. The number of allylic oxidation sites excluding steroid dienone is 6. The van der Waals surface area contributed by atoms with E-state index in [-0.39, 0.29) is 5.41 Å². The number of ether oxygens (including phenoxy) is 2. The lowest BCUT2D eigenvalue weighted by molar-refractivity contribution is -0.438. The van der Waals surface area contributed by atoms with Crippen LogP contribution >= 0.6 is 0 Å². The Kier molecular flexibility index (Phi) is 7.82. The lowest BCUT2D eigenvalue weighted by atomic mass is 9.80. The molecule has 0 aliphatic carbocycles. The fourth-order valence-electron chi connectivity index (χ4n) is 4.87. The minimum atomic E-state index is -0.254. The summed E-state index contributed by atoms with van der Waals surface area (Å²) in [6, 6.07) is 14.4. The van der Waals surface area contributed by atoms with E-state index in [9.17, 15) is 4.79 Å². The predicted molar refractivity (Wildman–Crippen MR) is 152 cm³/mol. The molecule has 2 aliphatic heterocycles. The van der Waals surface area contributed by atoms with Gasteiger partial charge in [0.05, 0.1) is 5.41 Å². The molecule has 0 N–H and O–H groups in total. The third-order valence-corrected chi connectivity index (χ3v) is 6.89. The van der Waals surface area contributed by atoms with E-state index < -0.39 is 0 Å². The van der Waals surface area contributed by atoms with Crippen molar-refractivity contribution in [3.63, 3.8) is 0 Å². The van der Waals surface area contributed by atoms with Gasteiger partial charge in [-0.1, -0.05) is 31.6 Å². The largest absolute Gasteiger partial charge is 0.462 e. The summed E-state index contributed by atoms with van der Waals surface area (Å²) >= 11 is 0. The lowest BCUT2D eigenvalue weighted by Crippen LogP contribution is -2.28. The minimum Gasteiger partial charge on any atom is -0.462 e. The molecule has 0 unspecified atom stereocenters. The molecule has 2 aliphatic rings. The van der Waals surface area contributed by atoms with Gasteiger partial charge >= 0.3 is 0 Å². The van der Waals surface area contributed by atoms with Crippen molar-refractivity contribution in [2.24, 2.45) is 0 Å². The van der Waals surface area contributed by atoms with Crippen molar-refractivity contribution in [1.29, 1.82) is 0 Å². The van der Waals surface area contributed by atoms with Gasteiger partial charge in [0.1, 0.15) is 23.8 Å². The van der Waals surface area contributed by atoms with Gasteiger partial charge in [0.15, 0.2) is 5.71 Å². The molecule has 192 valence electrons. The van der Waals surface area contributed by atoms with Gasteiger partial charge in [0, 0.05) is 43.9 Å². The van der Waals surface area contributed by atoms with Gasteiger partial charge in [-0.3, -0.25) is 4.79 Å². The van der Waals surface area contributed by atoms with E-state index >= 15 is 0 Å². The predicted octanol–water partition coefficient (Wildman–Crippen LogP) is 6.92. The second-order valence-corrected chi connectivity index (χ2v) is 10.3. The smallest absolute Gasteiger partial charge is 0.298 e. The molecule has 37 heavy (non-hydrogen) atoms. The highest BCUT2D eigenvalue weighted by molar-refractivity contribution is 6.04. The zero-order chi connectivity index (χ0) is 26.6.